The summed E-state index contributed by atoms with van der Waals surface area (Å²) in [5, 5.41) is 4.16. The Morgan fingerprint density at radius 3 is 2.88 bits per heavy atom. The highest BCUT2D eigenvalue weighted by atomic mass is 15.3. The Labute approximate surface area is 101 Å². The number of nitrogens with zero attached hydrogens (tertiary/aromatic N) is 4. The van der Waals surface area contributed by atoms with E-state index in [0.29, 0.717) is 5.82 Å². The predicted molar refractivity (Wildman–Crippen MR) is 67.5 cm³/mol. The number of nitrogen functional groups attached to an aromatic ring is 1. The van der Waals surface area contributed by atoms with Crippen LogP contribution in [0.4, 0.5) is 5.82 Å². The lowest BCUT2D eigenvalue weighted by Gasteiger charge is -2.07. The topological polar surface area (TPSA) is 61.7 Å². The lowest BCUT2D eigenvalue weighted by Crippen LogP contribution is -2.07. The van der Waals surface area contributed by atoms with Gasteiger partial charge < -0.3 is 10.3 Å². The Hall–Kier alpha value is -1.78. The van der Waals surface area contributed by atoms with Crippen molar-refractivity contribution in [3.63, 3.8) is 0 Å². The van der Waals surface area contributed by atoms with E-state index in [4.69, 9.17) is 5.73 Å². The summed E-state index contributed by atoms with van der Waals surface area (Å²) in [5.74, 6) is 1.76. The molecule has 2 N–H and O–H groups in total. The van der Waals surface area contributed by atoms with Crippen molar-refractivity contribution in [3.8, 4) is 0 Å². The first-order chi connectivity index (χ1) is 8.29. The number of hydrogen-bond acceptors (Lipinski definition) is 3. The number of anilines is 1. The Kier molecular flexibility index (Phi) is 3.80. The van der Waals surface area contributed by atoms with Crippen LogP contribution in [0.5, 0.6) is 0 Å². The summed E-state index contributed by atoms with van der Waals surface area (Å²) >= 11 is 0. The SMILES string of the molecule is CCCc1nccn1CCCn1ccc(N)n1. The molecule has 5 heteroatoms. The van der Waals surface area contributed by atoms with Gasteiger partial charge in [0.2, 0.25) is 0 Å². The minimum atomic E-state index is 0.583. The van der Waals surface area contributed by atoms with E-state index < -0.39 is 0 Å². The van der Waals surface area contributed by atoms with Gasteiger partial charge in [-0.05, 0) is 18.9 Å². The van der Waals surface area contributed by atoms with Gasteiger partial charge in [0.05, 0.1) is 0 Å². The Bertz CT molecular complexity index is 457. The zero-order valence-electron chi connectivity index (χ0n) is 10.2. The highest BCUT2D eigenvalue weighted by Crippen LogP contribution is 2.04. The molecule has 0 aliphatic heterocycles. The van der Waals surface area contributed by atoms with Crippen molar-refractivity contribution < 1.29 is 0 Å². The number of hydrogen-bond donors (Lipinski definition) is 1. The molecule has 0 saturated carbocycles. The molecule has 0 amide bonds. The minimum absolute atomic E-state index is 0.583. The standard InChI is InChI=1S/C12H19N5/c1-2-4-12-14-6-10-16(12)7-3-8-17-9-5-11(13)15-17/h5-6,9-10H,2-4,7-8H2,1H3,(H2,13,15). The van der Waals surface area contributed by atoms with Gasteiger partial charge in [0.15, 0.2) is 0 Å². The first-order valence-corrected chi connectivity index (χ1v) is 6.08. The molecule has 2 heterocycles. The average molecular weight is 233 g/mol. The number of rotatable bonds is 6. The van der Waals surface area contributed by atoms with E-state index in [1.165, 1.54) is 5.82 Å². The van der Waals surface area contributed by atoms with Crippen molar-refractivity contribution in [3.05, 3.63) is 30.5 Å². The molecule has 5 nitrogen and oxygen atoms in total. The Morgan fingerprint density at radius 2 is 2.18 bits per heavy atom. The molecule has 0 spiro atoms. The van der Waals surface area contributed by atoms with Crippen LogP contribution < -0.4 is 5.73 Å². The number of imidazole rings is 1. The van der Waals surface area contributed by atoms with Gasteiger partial charge >= 0.3 is 0 Å². The Morgan fingerprint density at radius 1 is 1.29 bits per heavy atom. The summed E-state index contributed by atoms with van der Waals surface area (Å²) in [5.41, 5.74) is 5.56. The molecule has 0 saturated heterocycles. The summed E-state index contributed by atoms with van der Waals surface area (Å²) in [6, 6.07) is 1.82. The van der Waals surface area contributed by atoms with Crippen molar-refractivity contribution in [2.24, 2.45) is 0 Å². The number of aromatic nitrogens is 4. The third-order valence-electron chi connectivity index (χ3n) is 2.72. The van der Waals surface area contributed by atoms with Crippen LogP contribution in [0.15, 0.2) is 24.7 Å². The summed E-state index contributed by atoms with van der Waals surface area (Å²) in [4.78, 5) is 4.36. The molecule has 2 aromatic rings. The molecular formula is C12H19N5. The van der Waals surface area contributed by atoms with E-state index in [1.807, 2.05) is 29.3 Å². The summed E-state index contributed by atoms with van der Waals surface area (Å²) in [6.45, 7) is 4.04. The van der Waals surface area contributed by atoms with Crippen molar-refractivity contribution >= 4 is 5.82 Å². The van der Waals surface area contributed by atoms with Crippen LogP contribution in [0.1, 0.15) is 25.6 Å². The maximum atomic E-state index is 5.56. The van der Waals surface area contributed by atoms with E-state index in [-0.39, 0.29) is 0 Å². The normalized spacial score (nSPS) is 10.9. The first-order valence-electron chi connectivity index (χ1n) is 6.08. The van der Waals surface area contributed by atoms with E-state index in [0.717, 1.165) is 32.4 Å². The van der Waals surface area contributed by atoms with E-state index in [9.17, 15) is 0 Å². The average Bonchev–Trinajstić information content (AvgIpc) is 2.90. The van der Waals surface area contributed by atoms with E-state index in [1.54, 1.807) is 0 Å². The molecule has 0 atom stereocenters. The third kappa shape index (κ3) is 3.09. The zero-order valence-corrected chi connectivity index (χ0v) is 10.2. The highest BCUT2D eigenvalue weighted by Gasteiger charge is 2.01. The second kappa shape index (κ2) is 5.52. The van der Waals surface area contributed by atoms with Gasteiger partial charge in [0.25, 0.3) is 0 Å². The van der Waals surface area contributed by atoms with Gasteiger partial charge in [-0.15, -0.1) is 0 Å². The first kappa shape index (κ1) is 11.7. The molecule has 0 unspecified atom stereocenters. The van der Waals surface area contributed by atoms with Gasteiger partial charge in [0, 0.05) is 38.1 Å². The molecule has 0 radical (unpaired) electrons. The monoisotopic (exact) mass is 233 g/mol. The second-order valence-corrected chi connectivity index (χ2v) is 4.14. The highest BCUT2D eigenvalue weighted by molar-refractivity contribution is 5.23. The molecule has 0 aliphatic rings. The molecule has 0 bridgehead atoms. The largest absolute Gasteiger partial charge is 0.382 e. The summed E-state index contributed by atoms with van der Waals surface area (Å²) in [6.07, 6.45) is 9.04. The molecule has 0 fully saturated rings. The second-order valence-electron chi connectivity index (χ2n) is 4.14. The number of nitrogens with two attached hydrogens (primary N) is 1. The van der Waals surface area contributed by atoms with Gasteiger partial charge in [-0.2, -0.15) is 5.10 Å². The summed E-state index contributed by atoms with van der Waals surface area (Å²) in [7, 11) is 0. The van der Waals surface area contributed by atoms with Crippen LogP contribution in [0, 0.1) is 0 Å². The van der Waals surface area contributed by atoms with E-state index in [2.05, 4.69) is 21.6 Å². The molecule has 17 heavy (non-hydrogen) atoms. The van der Waals surface area contributed by atoms with Crippen LogP contribution in [0.25, 0.3) is 0 Å². The van der Waals surface area contributed by atoms with Crippen LogP contribution in [0.3, 0.4) is 0 Å². The van der Waals surface area contributed by atoms with Crippen LogP contribution >= 0.6 is 0 Å². The fourth-order valence-electron chi connectivity index (χ4n) is 1.90. The predicted octanol–water partition coefficient (Wildman–Crippen LogP) is 1.70. The van der Waals surface area contributed by atoms with Gasteiger partial charge in [-0.25, -0.2) is 4.98 Å². The lowest BCUT2D eigenvalue weighted by atomic mass is 10.3. The minimum Gasteiger partial charge on any atom is -0.382 e. The van der Waals surface area contributed by atoms with Crippen molar-refractivity contribution in [2.45, 2.75) is 39.3 Å². The maximum Gasteiger partial charge on any atom is 0.145 e. The van der Waals surface area contributed by atoms with Crippen molar-refractivity contribution in [2.75, 3.05) is 5.73 Å². The quantitative estimate of drug-likeness (QED) is 0.826. The number of aryl methyl sites for hydroxylation is 3. The van der Waals surface area contributed by atoms with Crippen LogP contribution in [-0.4, -0.2) is 19.3 Å². The van der Waals surface area contributed by atoms with Crippen molar-refractivity contribution in [1.82, 2.24) is 19.3 Å². The fraction of sp³-hybridized carbons (Fsp3) is 0.500. The fourth-order valence-corrected chi connectivity index (χ4v) is 1.90. The molecule has 2 rings (SSSR count). The Balaban J connectivity index is 1.83. The van der Waals surface area contributed by atoms with Crippen LogP contribution in [-0.2, 0) is 19.5 Å². The zero-order chi connectivity index (χ0) is 12.1. The molecule has 92 valence electrons. The molecule has 0 aromatic carbocycles. The van der Waals surface area contributed by atoms with Gasteiger partial charge in [-0.3, -0.25) is 4.68 Å². The smallest absolute Gasteiger partial charge is 0.145 e. The van der Waals surface area contributed by atoms with Gasteiger partial charge in [0.1, 0.15) is 11.6 Å². The van der Waals surface area contributed by atoms with Crippen LogP contribution in [0.2, 0.25) is 0 Å². The maximum absolute atomic E-state index is 5.56. The molecule has 0 aliphatic carbocycles. The van der Waals surface area contributed by atoms with Gasteiger partial charge in [-0.1, -0.05) is 6.92 Å². The molecular weight excluding hydrogens is 214 g/mol. The van der Waals surface area contributed by atoms with Crippen molar-refractivity contribution in [1.29, 1.82) is 0 Å². The third-order valence-corrected chi connectivity index (χ3v) is 2.72. The molecule has 2 aromatic heterocycles. The lowest BCUT2D eigenvalue weighted by molar-refractivity contribution is 0.517. The summed E-state index contributed by atoms with van der Waals surface area (Å²) < 4.78 is 4.10. The van der Waals surface area contributed by atoms with E-state index >= 15 is 0 Å².